The predicted octanol–water partition coefficient (Wildman–Crippen LogP) is 15.2. The first-order chi connectivity index (χ1) is 49.8. The maximum Gasteiger partial charge on any atom is 0.169 e. The summed E-state index contributed by atoms with van der Waals surface area (Å²) >= 11 is 18.0. The second-order valence-electron chi connectivity index (χ2n) is 32.3. The minimum Gasteiger partial charge on any atom is -0.385 e. The summed E-state index contributed by atoms with van der Waals surface area (Å²) in [6, 6.07) is 29.4. The van der Waals surface area contributed by atoms with E-state index in [2.05, 4.69) is 93.3 Å². The van der Waals surface area contributed by atoms with Crippen LogP contribution in [0.4, 0.5) is 0 Å². The van der Waals surface area contributed by atoms with Crippen molar-refractivity contribution in [3.05, 3.63) is 107 Å². The van der Waals surface area contributed by atoms with Gasteiger partial charge in [-0.1, -0.05) is 181 Å². The molecule has 3 aliphatic carbocycles. The van der Waals surface area contributed by atoms with Crippen LogP contribution in [0.1, 0.15) is 229 Å². The van der Waals surface area contributed by atoms with Gasteiger partial charge in [-0.2, -0.15) is 0 Å². The zero-order valence-corrected chi connectivity index (χ0v) is 68.1. The van der Waals surface area contributed by atoms with E-state index in [-0.39, 0.29) is 17.8 Å². The summed E-state index contributed by atoms with van der Waals surface area (Å²) in [5.74, 6) is 3.11. The van der Waals surface area contributed by atoms with Crippen molar-refractivity contribution in [3.63, 3.8) is 0 Å². The van der Waals surface area contributed by atoms with Gasteiger partial charge < -0.3 is 76.1 Å². The van der Waals surface area contributed by atoms with E-state index in [1.165, 1.54) is 116 Å². The lowest BCUT2D eigenvalue weighted by atomic mass is 9.74. The summed E-state index contributed by atoms with van der Waals surface area (Å²) in [6.45, 7) is 10.7. The first-order valence-corrected chi connectivity index (χ1v) is 42.1. The number of nitrogens with one attached hydrogen (secondary N) is 4. The number of thiocarbonyl (C=S) groups is 2. The minimum atomic E-state index is -0.839. The maximum atomic E-state index is 12.1. The Morgan fingerprint density at radius 3 is 1.34 bits per heavy atom. The van der Waals surface area contributed by atoms with Gasteiger partial charge in [-0.15, -0.1) is 0 Å². The lowest BCUT2D eigenvalue weighted by Gasteiger charge is -2.44. The highest BCUT2D eigenvalue weighted by Crippen LogP contribution is 2.43. The lowest BCUT2D eigenvalue weighted by molar-refractivity contribution is -0.0543. The van der Waals surface area contributed by atoms with Gasteiger partial charge in [0.2, 0.25) is 0 Å². The van der Waals surface area contributed by atoms with Crippen molar-refractivity contribution in [1.29, 1.82) is 0 Å². The highest BCUT2D eigenvalue weighted by molar-refractivity contribution is 7.80. The molecule has 0 bridgehead atoms. The van der Waals surface area contributed by atoms with Crippen molar-refractivity contribution >= 4 is 46.3 Å². The number of nitrogens with two attached hydrogens (primary N) is 1. The number of benzene rings is 3. The van der Waals surface area contributed by atoms with Gasteiger partial charge in [0.05, 0.1) is 16.8 Å². The molecule has 0 radical (unpaired) electrons. The second kappa shape index (κ2) is 49.8. The molecule has 0 spiro atoms. The summed E-state index contributed by atoms with van der Waals surface area (Å²) in [4.78, 5) is 9.11. The van der Waals surface area contributed by atoms with Gasteiger partial charge in [0.25, 0.3) is 0 Å². The summed E-state index contributed by atoms with van der Waals surface area (Å²) in [5, 5.41) is 52.2. The highest BCUT2D eigenvalue weighted by Gasteiger charge is 2.43. The number of halogens is 1. The normalized spacial score (nSPS) is 22.1. The SMILES string of the molecule is CN(C)C[C@@H](N)CC1CCCCC1.CNC[C@H](CC1CCCCC1)NC(=S)N1CCC[C@@H]([C@@](O)(CCCCOC)c2ccccc2)C1.COCCCC[C@@](O)(c1cccc(Cl)c1)[C@@H]1CCCNC1.COCCCC[C@@](O)(c1ccccc1)[C@@H]1CCCN(C(=S)N[C@@H](CC2CCCCC2)CN(C)C)C1. The molecule has 103 heavy (non-hydrogen) atoms. The Bertz CT molecular complexity index is 2690. The minimum absolute atomic E-state index is 0.159. The van der Waals surface area contributed by atoms with Crippen LogP contribution in [-0.2, 0) is 31.0 Å². The quantitative estimate of drug-likeness (QED) is 0.0206. The largest absolute Gasteiger partial charge is 0.385 e. The number of likely N-dealkylation sites (tertiary alicyclic amines) is 2. The van der Waals surface area contributed by atoms with Gasteiger partial charge in [-0.3, -0.25) is 0 Å². The molecule has 6 aliphatic rings. The fourth-order valence-electron chi connectivity index (χ4n) is 17.9. The van der Waals surface area contributed by atoms with E-state index in [1.54, 1.807) is 21.3 Å². The Kier molecular flexibility index (Phi) is 43.0. The molecule has 3 saturated heterocycles. The zero-order valence-electron chi connectivity index (χ0n) is 65.7. The molecule has 9 rings (SSSR count). The van der Waals surface area contributed by atoms with E-state index in [4.69, 9.17) is 56.0 Å². The molecule has 3 heterocycles. The number of likely N-dealkylation sites (N-methyl/N-ethyl adjacent to an activating group) is 3. The van der Waals surface area contributed by atoms with E-state index in [0.29, 0.717) is 23.1 Å². The summed E-state index contributed by atoms with van der Waals surface area (Å²) in [7, 11) is 15.7. The van der Waals surface area contributed by atoms with E-state index in [9.17, 15) is 15.3 Å². The first kappa shape index (κ1) is 88.8. The third kappa shape index (κ3) is 31.8. The van der Waals surface area contributed by atoms with Crippen LogP contribution in [0.3, 0.4) is 0 Å². The molecular formula is C85H146ClN9O6S2. The van der Waals surface area contributed by atoms with Crippen molar-refractivity contribution in [3.8, 4) is 0 Å². The molecule has 0 amide bonds. The van der Waals surface area contributed by atoms with Crippen LogP contribution in [0.25, 0.3) is 0 Å². The second-order valence-corrected chi connectivity index (χ2v) is 33.5. The molecule has 3 aromatic carbocycles. The van der Waals surface area contributed by atoms with Crippen molar-refractivity contribution in [2.75, 3.05) is 135 Å². The van der Waals surface area contributed by atoms with Crippen molar-refractivity contribution < 1.29 is 29.5 Å². The topological polar surface area (TPSA) is 175 Å². The molecule has 0 unspecified atom stereocenters. The highest BCUT2D eigenvalue weighted by atomic mass is 35.5. The van der Waals surface area contributed by atoms with Crippen LogP contribution < -0.4 is 27.0 Å². The molecule has 15 nitrogen and oxygen atoms in total. The summed E-state index contributed by atoms with van der Waals surface area (Å²) in [6.07, 6.45) is 38.8. The third-order valence-electron chi connectivity index (χ3n) is 23.4. The van der Waals surface area contributed by atoms with Crippen LogP contribution in [-0.4, -0.2) is 199 Å². The number of aliphatic hydroxyl groups is 3. The molecule has 18 heteroatoms. The number of hydrogen-bond acceptors (Lipinski definition) is 13. The Balaban J connectivity index is 0.000000228. The van der Waals surface area contributed by atoms with Crippen LogP contribution >= 0.6 is 36.0 Å². The third-order valence-corrected chi connectivity index (χ3v) is 24.4. The number of nitrogens with zero attached hydrogens (tertiary/aromatic N) is 4. The summed E-state index contributed by atoms with van der Waals surface area (Å²) < 4.78 is 15.6. The first-order valence-electron chi connectivity index (χ1n) is 40.9. The molecule has 9 atom stereocenters. The van der Waals surface area contributed by atoms with Crippen molar-refractivity contribution in [2.45, 2.75) is 247 Å². The zero-order chi connectivity index (χ0) is 74.1. The van der Waals surface area contributed by atoms with E-state index < -0.39 is 16.8 Å². The van der Waals surface area contributed by atoms with E-state index >= 15 is 0 Å². The fourth-order valence-corrected chi connectivity index (χ4v) is 18.7. The van der Waals surface area contributed by atoms with Gasteiger partial charge in [0, 0.05) is 134 Å². The molecule has 3 aromatic rings. The van der Waals surface area contributed by atoms with Crippen LogP contribution in [0.2, 0.25) is 5.02 Å². The fraction of sp³-hybridized carbons (Fsp3) is 0.765. The van der Waals surface area contributed by atoms with Crippen molar-refractivity contribution in [1.82, 2.24) is 40.9 Å². The number of ether oxygens (including phenoxy) is 3. The maximum absolute atomic E-state index is 12.1. The van der Waals surface area contributed by atoms with E-state index in [1.807, 2.05) is 67.7 Å². The van der Waals surface area contributed by atoms with Crippen LogP contribution in [0.5, 0.6) is 0 Å². The molecule has 9 N–H and O–H groups in total. The van der Waals surface area contributed by atoms with Gasteiger partial charge in [-0.05, 0) is 228 Å². The average Bonchev–Trinajstić information content (AvgIpc) is 0.804. The van der Waals surface area contributed by atoms with Crippen LogP contribution in [0, 0.1) is 35.5 Å². The Morgan fingerprint density at radius 1 is 0.524 bits per heavy atom. The van der Waals surface area contributed by atoms with Gasteiger partial charge in [0.15, 0.2) is 10.2 Å². The summed E-state index contributed by atoms with van der Waals surface area (Å²) in [5.41, 5.74) is 6.60. The van der Waals surface area contributed by atoms with Crippen molar-refractivity contribution in [2.24, 2.45) is 41.2 Å². The molecular weight excluding hydrogens is 1340 g/mol. The molecule has 3 saturated carbocycles. The number of piperidine rings is 3. The molecule has 586 valence electrons. The molecule has 3 aliphatic heterocycles. The average molecular weight is 1490 g/mol. The van der Waals surface area contributed by atoms with Gasteiger partial charge in [-0.25, -0.2) is 0 Å². The number of rotatable bonds is 35. The van der Waals surface area contributed by atoms with Crippen LogP contribution in [0.15, 0.2) is 84.9 Å². The smallest absolute Gasteiger partial charge is 0.169 e. The Labute approximate surface area is 642 Å². The van der Waals surface area contributed by atoms with Gasteiger partial charge in [0.1, 0.15) is 0 Å². The number of unbranched alkanes of at least 4 members (excludes halogenated alkanes) is 3. The molecule has 0 aromatic heterocycles. The Hall–Kier alpha value is -3.11. The van der Waals surface area contributed by atoms with Gasteiger partial charge >= 0.3 is 0 Å². The van der Waals surface area contributed by atoms with E-state index in [0.717, 1.165) is 220 Å². The lowest BCUT2D eigenvalue weighted by Crippen LogP contribution is -2.54. The Morgan fingerprint density at radius 2 is 0.932 bits per heavy atom. The monoisotopic (exact) mass is 1490 g/mol. The number of methoxy groups -OCH3 is 3. The standard InChI is InChI=1S/C29H49N3O2S.C28H47N3O2S.C17H26ClNO2.C11H24N2/c1-31(2)23-27(21-24-13-6-4-7-14-24)30-28(35)32-19-12-17-26(22-32)29(33,18-10-11-20-34-3)25-15-8-5-9-16-25;1-29-21-26(20-23-12-5-3-6-13-23)30-27(34)31-18-11-16-25(22-31)28(32,17-9-10-19-33-2)24-14-7-4-8-15-24;1-21-11-3-2-9-17(20,15-7-5-10-19-13-15)14-6-4-8-16(18)12-14;1-13(2)9-11(12)8-10-6-4-3-5-7-10/h5,8-9,15-16,24,26-27,33H,4,6-7,10-14,17-23H2,1-3H3,(H,30,35);4,7-8,14-15,23,25-26,29,32H,3,5-6,9-13,16-22H2,1-2H3,(H,30,34);4,6,8,12,15,19-20H,2-3,5,7,9-11,13H2,1H3;10-11H,3-9,12H2,1-2H3/t26-,27+,29-;25-,26+,28-;15-,17-;11-/m1110/s1. The predicted molar refractivity (Wildman–Crippen MR) is 439 cm³/mol. The number of hydrogen-bond donors (Lipinski definition) is 8. The molecule has 6 fully saturated rings.